The van der Waals surface area contributed by atoms with Crippen LogP contribution in [0.3, 0.4) is 0 Å². The average Bonchev–Trinajstić information content (AvgIpc) is 2.87. The Bertz CT molecular complexity index is 1060. The first-order valence-corrected chi connectivity index (χ1v) is 13.6. The summed E-state index contributed by atoms with van der Waals surface area (Å²) in [6, 6.07) is 14.2. The van der Waals surface area contributed by atoms with E-state index < -0.39 is 10.0 Å². The van der Waals surface area contributed by atoms with E-state index in [-0.39, 0.29) is 17.3 Å². The second-order valence-corrected chi connectivity index (χ2v) is 11.0. The fourth-order valence-electron chi connectivity index (χ4n) is 4.64. The molecule has 0 saturated carbocycles. The molecule has 2 fully saturated rings. The molecular formula is C26H35N3O4S. The van der Waals surface area contributed by atoms with Crippen LogP contribution in [0.4, 0.5) is 0 Å². The molecule has 2 aromatic rings. The first-order valence-electron chi connectivity index (χ1n) is 12.2. The number of piperidine rings is 1. The van der Waals surface area contributed by atoms with Gasteiger partial charge in [-0.2, -0.15) is 0 Å². The van der Waals surface area contributed by atoms with E-state index in [0.29, 0.717) is 11.5 Å². The van der Waals surface area contributed by atoms with Crippen molar-refractivity contribution in [3.05, 3.63) is 65.2 Å². The van der Waals surface area contributed by atoms with Gasteiger partial charge in [-0.15, -0.1) is 0 Å². The van der Waals surface area contributed by atoms with E-state index in [1.54, 1.807) is 12.1 Å². The van der Waals surface area contributed by atoms with Gasteiger partial charge in [0, 0.05) is 38.3 Å². The third-order valence-electron chi connectivity index (χ3n) is 6.92. The van der Waals surface area contributed by atoms with E-state index in [9.17, 15) is 13.2 Å². The minimum absolute atomic E-state index is 0.0794. The smallest absolute Gasteiger partial charge is 0.254 e. The van der Waals surface area contributed by atoms with Crippen LogP contribution in [0.15, 0.2) is 53.4 Å². The molecule has 0 unspecified atom stereocenters. The summed E-state index contributed by atoms with van der Waals surface area (Å²) in [7, 11) is -3.72. The Labute approximate surface area is 203 Å². The number of sulfonamides is 1. The molecule has 0 bridgehead atoms. The van der Waals surface area contributed by atoms with E-state index >= 15 is 0 Å². The molecule has 7 nitrogen and oxygen atoms in total. The van der Waals surface area contributed by atoms with Gasteiger partial charge in [-0.05, 0) is 61.9 Å². The van der Waals surface area contributed by atoms with Gasteiger partial charge in [-0.25, -0.2) is 13.1 Å². The van der Waals surface area contributed by atoms with Crippen molar-refractivity contribution in [2.24, 2.45) is 5.92 Å². The molecule has 1 amide bonds. The number of aryl methyl sites for hydroxylation is 1. The number of ether oxygens (including phenoxy) is 1. The molecule has 0 spiro atoms. The molecule has 2 saturated heterocycles. The molecule has 2 aromatic carbocycles. The Morgan fingerprint density at radius 2 is 1.74 bits per heavy atom. The Balaban J connectivity index is 1.34. The van der Waals surface area contributed by atoms with Crippen molar-refractivity contribution in [1.82, 2.24) is 14.5 Å². The lowest BCUT2D eigenvalue weighted by molar-refractivity contribution is 0.0332. The third kappa shape index (κ3) is 6.44. The molecule has 4 rings (SSSR count). The number of carbonyl (C=O) groups excluding carboxylic acids is 1. The second kappa shape index (κ2) is 11.4. The van der Waals surface area contributed by atoms with Crippen molar-refractivity contribution in [3.8, 4) is 0 Å². The van der Waals surface area contributed by atoms with E-state index in [0.717, 1.165) is 76.3 Å². The Morgan fingerprint density at radius 3 is 2.44 bits per heavy atom. The number of likely N-dealkylation sites (tertiary alicyclic amines) is 1. The molecule has 0 aromatic heterocycles. The number of amides is 1. The number of hydrogen-bond acceptors (Lipinski definition) is 5. The van der Waals surface area contributed by atoms with Crippen LogP contribution in [0.2, 0.25) is 0 Å². The lowest BCUT2D eigenvalue weighted by Crippen LogP contribution is -2.41. The Kier molecular flexibility index (Phi) is 8.37. The molecule has 0 radical (unpaired) electrons. The van der Waals surface area contributed by atoms with Gasteiger partial charge in [-0.3, -0.25) is 9.69 Å². The van der Waals surface area contributed by atoms with Crippen LogP contribution in [0.5, 0.6) is 0 Å². The fraction of sp³-hybridized carbons (Fsp3) is 0.500. The topological polar surface area (TPSA) is 79.0 Å². The lowest BCUT2D eigenvalue weighted by Gasteiger charge is -2.34. The number of rotatable bonds is 8. The van der Waals surface area contributed by atoms with Crippen LogP contribution in [0.1, 0.15) is 40.7 Å². The van der Waals surface area contributed by atoms with Gasteiger partial charge in [0.2, 0.25) is 10.0 Å². The highest BCUT2D eigenvalue weighted by Crippen LogP contribution is 2.24. The predicted molar refractivity (Wildman–Crippen MR) is 132 cm³/mol. The van der Waals surface area contributed by atoms with E-state index in [1.165, 1.54) is 6.07 Å². The Hall–Kier alpha value is -2.26. The van der Waals surface area contributed by atoms with Crippen LogP contribution in [-0.2, 0) is 21.3 Å². The van der Waals surface area contributed by atoms with Gasteiger partial charge in [0.1, 0.15) is 0 Å². The summed E-state index contributed by atoms with van der Waals surface area (Å²) < 4.78 is 33.8. The van der Waals surface area contributed by atoms with Crippen molar-refractivity contribution >= 4 is 15.9 Å². The standard InChI is InChI=1S/C26H35N3O4S/c1-21-7-8-24(34(31,32)27-20-23-5-3-2-4-6-23)19-25(21)26(30)29-13-10-22(11-14-29)9-12-28-15-17-33-18-16-28/h2-8,19,22,27H,9-18,20H2,1H3. The first kappa shape index (κ1) is 24.9. The zero-order valence-corrected chi connectivity index (χ0v) is 20.7. The van der Waals surface area contributed by atoms with Gasteiger partial charge >= 0.3 is 0 Å². The summed E-state index contributed by atoms with van der Waals surface area (Å²) in [5.41, 5.74) is 2.14. The summed E-state index contributed by atoms with van der Waals surface area (Å²) >= 11 is 0. The maximum absolute atomic E-state index is 13.3. The minimum atomic E-state index is -3.72. The zero-order chi connectivity index (χ0) is 24.0. The number of nitrogens with zero attached hydrogens (tertiary/aromatic N) is 2. The van der Waals surface area contributed by atoms with Crippen LogP contribution in [-0.4, -0.2) is 70.1 Å². The molecular weight excluding hydrogens is 450 g/mol. The van der Waals surface area contributed by atoms with Crippen LogP contribution < -0.4 is 4.72 Å². The molecule has 2 heterocycles. The number of carbonyl (C=O) groups is 1. The normalized spacial score (nSPS) is 18.2. The van der Waals surface area contributed by atoms with E-state index in [2.05, 4.69) is 9.62 Å². The highest BCUT2D eigenvalue weighted by Gasteiger charge is 2.26. The van der Waals surface area contributed by atoms with Gasteiger partial charge in [0.25, 0.3) is 5.91 Å². The minimum Gasteiger partial charge on any atom is -0.379 e. The number of hydrogen-bond donors (Lipinski definition) is 1. The van der Waals surface area contributed by atoms with Crippen LogP contribution in [0, 0.1) is 12.8 Å². The highest BCUT2D eigenvalue weighted by atomic mass is 32.2. The molecule has 0 atom stereocenters. The maximum Gasteiger partial charge on any atom is 0.254 e. The lowest BCUT2D eigenvalue weighted by atomic mass is 9.92. The summed E-state index contributed by atoms with van der Waals surface area (Å²) in [5, 5.41) is 0. The van der Waals surface area contributed by atoms with Crippen LogP contribution >= 0.6 is 0 Å². The van der Waals surface area contributed by atoms with Gasteiger partial charge in [0.05, 0.1) is 18.1 Å². The molecule has 34 heavy (non-hydrogen) atoms. The first-order chi connectivity index (χ1) is 16.4. The maximum atomic E-state index is 13.3. The molecule has 2 aliphatic rings. The average molecular weight is 486 g/mol. The van der Waals surface area contributed by atoms with Crippen molar-refractivity contribution < 1.29 is 17.9 Å². The Morgan fingerprint density at radius 1 is 1.03 bits per heavy atom. The fourth-order valence-corrected chi connectivity index (χ4v) is 5.68. The molecule has 0 aliphatic carbocycles. The van der Waals surface area contributed by atoms with Gasteiger partial charge < -0.3 is 9.64 Å². The SMILES string of the molecule is Cc1ccc(S(=O)(=O)NCc2ccccc2)cc1C(=O)N1CCC(CCN2CCOCC2)CC1. The third-order valence-corrected chi connectivity index (χ3v) is 8.32. The second-order valence-electron chi connectivity index (χ2n) is 9.27. The molecule has 184 valence electrons. The summed E-state index contributed by atoms with van der Waals surface area (Å²) in [6.45, 7) is 8.26. The molecule has 8 heteroatoms. The summed E-state index contributed by atoms with van der Waals surface area (Å²) in [5.74, 6) is 0.547. The summed E-state index contributed by atoms with van der Waals surface area (Å²) in [6.07, 6.45) is 3.14. The quantitative estimate of drug-likeness (QED) is 0.622. The largest absolute Gasteiger partial charge is 0.379 e. The van der Waals surface area contributed by atoms with Crippen molar-refractivity contribution in [2.45, 2.75) is 37.6 Å². The van der Waals surface area contributed by atoms with Crippen molar-refractivity contribution in [2.75, 3.05) is 45.9 Å². The van der Waals surface area contributed by atoms with Crippen molar-refractivity contribution in [1.29, 1.82) is 0 Å². The van der Waals surface area contributed by atoms with Crippen LogP contribution in [0.25, 0.3) is 0 Å². The zero-order valence-electron chi connectivity index (χ0n) is 19.9. The molecule has 1 N–H and O–H groups in total. The number of benzene rings is 2. The van der Waals surface area contributed by atoms with E-state index in [1.807, 2.05) is 42.2 Å². The highest BCUT2D eigenvalue weighted by molar-refractivity contribution is 7.89. The van der Waals surface area contributed by atoms with Crippen molar-refractivity contribution in [3.63, 3.8) is 0 Å². The molecule has 2 aliphatic heterocycles. The summed E-state index contributed by atoms with van der Waals surface area (Å²) in [4.78, 5) is 17.7. The van der Waals surface area contributed by atoms with Gasteiger partial charge in [-0.1, -0.05) is 36.4 Å². The number of morpholine rings is 1. The number of nitrogens with one attached hydrogen (secondary N) is 1. The van der Waals surface area contributed by atoms with Gasteiger partial charge in [0.15, 0.2) is 0 Å². The monoisotopic (exact) mass is 485 g/mol. The van der Waals surface area contributed by atoms with E-state index in [4.69, 9.17) is 4.74 Å². The predicted octanol–water partition coefficient (Wildman–Crippen LogP) is 3.05.